The van der Waals surface area contributed by atoms with Crippen LogP contribution < -0.4 is 10.1 Å². The molecule has 7 nitrogen and oxygen atoms in total. The van der Waals surface area contributed by atoms with E-state index in [4.69, 9.17) is 15.3 Å². The Labute approximate surface area is 140 Å². The molecule has 2 aromatic rings. The SMILES string of the molecule is Cc1cc(NC(=O)[C@@H](C)Oc2ccc(C#N)cc2)n(CCC#N)n1. The molecule has 1 heterocycles. The van der Waals surface area contributed by atoms with E-state index in [0.29, 0.717) is 30.1 Å². The Morgan fingerprint density at radius 3 is 2.71 bits per heavy atom. The van der Waals surface area contributed by atoms with E-state index in [1.165, 1.54) is 0 Å². The molecule has 0 aliphatic carbocycles. The number of aromatic nitrogens is 2. The van der Waals surface area contributed by atoms with Gasteiger partial charge in [-0.1, -0.05) is 0 Å². The highest BCUT2D eigenvalue weighted by Gasteiger charge is 2.17. The van der Waals surface area contributed by atoms with Gasteiger partial charge < -0.3 is 10.1 Å². The fourth-order valence-corrected chi connectivity index (χ4v) is 2.07. The van der Waals surface area contributed by atoms with Gasteiger partial charge in [0, 0.05) is 6.07 Å². The van der Waals surface area contributed by atoms with Crippen LogP contribution in [0, 0.1) is 29.6 Å². The molecule has 1 amide bonds. The molecule has 1 aromatic carbocycles. The minimum Gasteiger partial charge on any atom is -0.481 e. The Balaban J connectivity index is 2.01. The van der Waals surface area contributed by atoms with Crippen molar-refractivity contribution in [3.63, 3.8) is 0 Å². The molecule has 0 saturated heterocycles. The normalized spacial score (nSPS) is 11.2. The van der Waals surface area contributed by atoms with E-state index in [9.17, 15) is 4.79 Å². The summed E-state index contributed by atoms with van der Waals surface area (Å²) in [6.45, 7) is 3.86. The van der Waals surface area contributed by atoms with E-state index in [1.807, 2.05) is 19.1 Å². The second kappa shape index (κ2) is 7.80. The van der Waals surface area contributed by atoms with Gasteiger partial charge in [-0.2, -0.15) is 15.6 Å². The molecule has 0 bridgehead atoms. The third kappa shape index (κ3) is 4.34. The third-order valence-corrected chi connectivity index (χ3v) is 3.25. The number of anilines is 1. The number of nitriles is 2. The molecule has 0 spiro atoms. The molecule has 0 aliphatic heterocycles. The summed E-state index contributed by atoms with van der Waals surface area (Å²) in [5.41, 5.74) is 1.28. The van der Waals surface area contributed by atoms with Crippen molar-refractivity contribution in [3.8, 4) is 17.9 Å². The van der Waals surface area contributed by atoms with Gasteiger partial charge in [-0.25, -0.2) is 4.68 Å². The van der Waals surface area contributed by atoms with Crippen LogP contribution in [0.25, 0.3) is 0 Å². The first kappa shape index (κ1) is 17.0. The lowest BCUT2D eigenvalue weighted by atomic mass is 10.2. The highest BCUT2D eigenvalue weighted by molar-refractivity contribution is 5.93. The first-order chi connectivity index (χ1) is 11.5. The molecule has 0 aliphatic rings. The number of hydrogen-bond donors (Lipinski definition) is 1. The number of amides is 1. The van der Waals surface area contributed by atoms with Gasteiger partial charge in [-0.05, 0) is 38.1 Å². The standard InChI is InChI=1S/C17H17N5O2/c1-12-10-16(22(21-12)9-3-8-18)20-17(23)13(2)24-15-6-4-14(11-19)5-7-15/h4-7,10,13H,3,9H2,1-2H3,(H,20,23)/t13-/m1/s1. The van der Waals surface area contributed by atoms with Gasteiger partial charge in [0.2, 0.25) is 0 Å². The van der Waals surface area contributed by atoms with Crippen LogP contribution in [0.1, 0.15) is 24.6 Å². The summed E-state index contributed by atoms with van der Waals surface area (Å²) in [6, 6.07) is 12.3. The Hall–Kier alpha value is -3.32. The van der Waals surface area contributed by atoms with Crippen LogP contribution >= 0.6 is 0 Å². The maximum Gasteiger partial charge on any atom is 0.266 e. The Kier molecular flexibility index (Phi) is 5.54. The summed E-state index contributed by atoms with van der Waals surface area (Å²) in [5.74, 6) is 0.714. The van der Waals surface area contributed by atoms with Crippen molar-refractivity contribution in [2.75, 3.05) is 5.32 Å². The zero-order valence-electron chi connectivity index (χ0n) is 13.5. The third-order valence-electron chi connectivity index (χ3n) is 3.25. The fraction of sp³-hybridized carbons (Fsp3) is 0.294. The Morgan fingerprint density at radius 2 is 2.08 bits per heavy atom. The van der Waals surface area contributed by atoms with Gasteiger partial charge in [0.25, 0.3) is 5.91 Å². The predicted molar refractivity (Wildman–Crippen MR) is 87.1 cm³/mol. The van der Waals surface area contributed by atoms with E-state index < -0.39 is 6.10 Å². The van der Waals surface area contributed by atoms with Crippen molar-refractivity contribution < 1.29 is 9.53 Å². The monoisotopic (exact) mass is 323 g/mol. The van der Waals surface area contributed by atoms with Crippen molar-refractivity contribution in [2.45, 2.75) is 32.9 Å². The second-order valence-electron chi connectivity index (χ2n) is 5.19. The summed E-state index contributed by atoms with van der Waals surface area (Å²) in [7, 11) is 0. The molecule has 122 valence electrons. The van der Waals surface area contributed by atoms with E-state index >= 15 is 0 Å². The van der Waals surface area contributed by atoms with Crippen LogP contribution in [0.4, 0.5) is 5.82 Å². The zero-order chi connectivity index (χ0) is 17.5. The fourth-order valence-electron chi connectivity index (χ4n) is 2.07. The molecule has 1 N–H and O–H groups in total. The number of hydrogen-bond acceptors (Lipinski definition) is 5. The average molecular weight is 323 g/mol. The first-order valence-corrected chi connectivity index (χ1v) is 7.42. The van der Waals surface area contributed by atoms with Crippen LogP contribution in [0.15, 0.2) is 30.3 Å². The minimum absolute atomic E-state index is 0.307. The molecule has 1 aromatic heterocycles. The molecule has 2 rings (SSSR count). The second-order valence-corrected chi connectivity index (χ2v) is 5.19. The van der Waals surface area contributed by atoms with Crippen molar-refractivity contribution in [3.05, 3.63) is 41.6 Å². The Bertz CT molecular complexity index is 796. The quantitative estimate of drug-likeness (QED) is 0.879. The lowest BCUT2D eigenvalue weighted by Crippen LogP contribution is -2.31. The average Bonchev–Trinajstić information content (AvgIpc) is 2.92. The van der Waals surface area contributed by atoms with E-state index in [-0.39, 0.29) is 5.91 Å². The van der Waals surface area contributed by atoms with E-state index in [2.05, 4.69) is 10.4 Å². The lowest BCUT2D eigenvalue weighted by Gasteiger charge is -2.15. The molecule has 0 fully saturated rings. The van der Waals surface area contributed by atoms with Gasteiger partial charge in [-0.3, -0.25) is 4.79 Å². The number of carbonyl (C=O) groups excluding carboxylic acids is 1. The molecule has 24 heavy (non-hydrogen) atoms. The molecule has 7 heteroatoms. The highest BCUT2D eigenvalue weighted by atomic mass is 16.5. The number of aryl methyl sites for hydroxylation is 2. The van der Waals surface area contributed by atoms with E-state index in [0.717, 1.165) is 5.69 Å². The number of nitrogens with zero attached hydrogens (tertiary/aromatic N) is 4. The van der Waals surface area contributed by atoms with Crippen LogP contribution in [0.2, 0.25) is 0 Å². The van der Waals surface area contributed by atoms with Crippen LogP contribution in [-0.4, -0.2) is 21.8 Å². The van der Waals surface area contributed by atoms with Gasteiger partial charge in [0.15, 0.2) is 6.10 Å². The van der Waals surface area contributed by atoms with Crippen molar-refractivity contribution in [1.82, 2.24) is 9.78 Å². The summed E-state index contributed by atoms with van der Waals surface area (Å²) in [6.07, 6.45) is -0.418. The number of ether oxygens (including phenoxy) is 1. The number of nitrogens with one attached hydrogen (secondary N) is 1. The first-order valence-electron chi connectivity index (χ1n) is 7.42. The lowest BCUT2D eigenvalue weighted by molar-refractivity contribution is -0.122. The molecule has 1 atom stereocenters. The largest absolute Gasteiger partial charge is 0.481 e. The van der Waals surface area contributed by atoms with Gasteiger partial charge >= 0.3 is 0 Å². The predicted octanol–water partition coefficient (Wildman–Crippen LogP) is 2.38. The maximum atomic E-state index is 12.3. The maximum absolute atomic E-state index is 12.3. The number of benzene rings is 1. The summed E-state index contributed by atoms with van der Waals surface area (Å²) in [5, 5.41) is 24.4. The summed E-state index contributed by atoms with van der Waals surface area (Å²) < 4.78 is 7.16. The van der Waals surface area contributed by atoms with E-state index in [1.54, 1.807) is 41.9 Å². The summed E-state index contributed by atoms with van der Waals surface area (Å²) >= 11 is 0. The van der Waals surface area contributed by atoms with Crippen molar-refractivity contribution in [2.24, 2.45) is 0 Å². The zero-order valence-corrected chi connectivity index (χ0v) is 13.5. The summed E-state index contributed by atoms with van der Waals surface area (Å²) in [4.78, 5) is 12.3. The molecule has 0 radical (unpaired) electrons. The minimum atomic E-state index is -0.724. The van der Waals surface area contributed by atoms with Crippen LogP contribution in [0.5, 0.6) is 5.75 Å². The molecule has 0 unspecified atom stereocenters. The molecular formula is C17H17N5O2. The van der Waals surface area contributed by atoms with Crippen molar-refractivity contribution in [1.29, 1.82) is 10.5 Å². The van der Waals surface area contributed by atoms with Gasteiger partial charge in [0.1, 0.15) is 11.6 Å². The number of rotatable bonds is 6. The van der Waals surface area contributed by atoms with Gasteiger partial charge in [0.05, 0.1) is 36.4 Å². The Morgan fingerprint density at radius 1 is 1.38 bits per heavy atom. The molecule has 0 saturated carbocycles. The van der Waals surface area contributed by atoms with Crippen molar-refractivity contribution >= 4 is 11.7 Å². The topological polar surface area (TPSA) is 104 Å². The van der Waals surface area contributed by atoms with Crippen LogP contribution in [0.3, 0.4) is 0 Å². The number of carbonyl (C=O) groups is 1. The van der Waals surface area contributed by atoms with Crippen LogP contribution in [-0.2, 0) is 11.3 Å². The smallest absolute Gasteiger partial charge is 0.266 e. The van der Waals surface area contributed by atoms with Gasteiger partial charge in [-0.15, -0.1) is 0 Å². The molecular weight excluding hydrogens is 306 g/mol. The highest BCUT2D eigenvalue weighted by Crippen LogP contribution is 2.15.